The van der Waals surface area contributed by atoms with Crippen LogP contribution in [0, 0.1) is 0 Å². The van der Waals surface area contributed by atoms with Crippen LogP contribution in [0.3, 0.4) is 0 Å². The Morgan fingerprint density at radius 1 is 0.838 bits per heavy atom. The number of amides is 4. The van der Waals surface area contributed by atoms with Crippen LogP contribution in [0.5, 0.6) is 0 Å². The van der Waals surface area contributed by atoms with Gasteiger partial charge in [-0.25, -0.2) is 0 Å². The third-order valence-electron chi connectivity index (χ3n) is 6.24. The molecule has 4 amide bonds. The summed E-state index contributed by atoms with van der Waals surface area (Å²) >= 11 is 0. The van der Waals surface area contributed by atoms with Crippen molar-refractivity contribution in [2.24, 2.45) is 0 Å². The molecule has 1 heterocycles. The zero-order chi connectivity index (χ0) is 26.0. The summed E-state index contributed by atoms with van der Waals surface area (Å²) in [5.41, 5.74) is 1.98. The summed E-state index contributed by atoms with van der Waals surface area (Å²) < 4.78 is 0. The fourth-order valence-corrected chi connectivity index (χ4v) is 4.40. The van der Waals surface area contributed by atoms with Gasteiger partial charge in [0.05, 0.1) is 6.54 Å². The van der Waals surface area contributed by atoms with Gasteiger partial charge in [0.2, 0.25) is 17.7 Å². The molecular weight excluding hydrogens is 468 g/mol. The van der Waals surface area contributed by atoms with E-state index in [1.165, 1.54) is 0 Å². The molecule has 8 nitrogen and oxygen atoms in total. The molecule has 2 atom stereocenters. The standard InChI is InChI=1S/C29H30N4O4/c34-26(20-30-27(35)22-13-6-2-7-14-22)32-24(19-21-11-4-1-5-12-21)29(37)33-18-10-17-25(33)28(36)31-23-15-8-3-9-16-23/h1-9,11-16,24-25H,10,17-20H2,(H,30,35)(H,31,36)(H,32,34)/t24-,25?/m0/s1. The molecule has 0 aliphatic carbocycles. The van der Waals surface area contributed by atoms with Crippen molar-refractivity contribution in [1.29, 1.82) is 0 Å². The molecule has 1 saturated heterocycles. The first-order chi connectivity index (χ1) is 18.0. The van der Waals surface area contributed by atoms with Gasteiger partial charge in [0.25, 0.3) is 5.91 Å². The van der Waals surface area contributed by atoms with E-state index in [2.05, 4.69) is 16.0 Å². The third kappa shape index (κ3) is 7.04. The van der Waals surface area contributed by atoms with E-state index in [1.54, 1.807) is 47.4 Å². The predicted octanol–water partition coefficient (Wildman–Crippen LogP) is 2.77. The van der Waals surface area contributed by atoms with E-state index in [-0.39, 0.29) is 30.7 Å². The van der Waals surface area contributed by atoms with Crippen molar-refractivity contribution in [3.8, 4) is 0 Å². The second-order valence-electron chi connectivity index (χ2n) is 8.90. The fraction of sp³-hybridized carbons (Fsp3) is 0.241. The van der Waals surface area contributed by atoms with E-state index >= 15 is 0 Å². The molecule has 3 aromatic carbocycles. The smallest absolute Gasteiger partial charge is 0.251 e. The summed E-state index contributed by atoms with van der Waals surface area (Å²) in [6, 6.07) is 25.6. The van der Waals surface area contributed by atoms with Gasteiger partial charge < -0.3 is 20.9 Å². The lowest BCUT2D eigenvalue weighted by Gasteiger charge is -2.29. The van der Waals surface area contributed by atoms with Crippen LogP contribution < -0.4 is 16.0 Å². The lowest BCUT2D eigenvalue weighted by Crippen LogP contribution is -2.54. The van der Waals surface area contributed by atoms with Crippen molar-refractivity contribution in [3.63, 3.8) is 0 Å². The Morgan fingerprint density at radius 3 is 2.14 bits per heavy atom. The predicted molar refractivity (Wildman–Crippen MR) is 141 cm³/mol. The molecule has 0 spiro atoms. The average Bonchev–Trinajstić information content (AvgIpc) is 3.43. The molecule has 3 N–H and O–H groups in total. The van der Waals surface area contributed by atoms with E-state index in [0.717, 1.165) is 5.56 Å². The van der Waals surface area contributed by atoms with Gasteiger partial charge in [-0.1, -0.05) is 66.7 Å². The van der Waals surface area contributed by atoms with Gasteiger partial charge in [-0.3, -0.25) is 19.2 Å². The van der Waals surface area contributed by atoms with Crippen molar-refractivity contribution < 1.29 is 19.2 Å². The molecule has 3 aromatic rings. The van der Waals surface area contributed by atoms with Crippen LogP contribution in [-0.4, -0.2) is 53.7 Å². The minimum Gasteiger partial charge on any atom is -0.343 e. The third-order valence-corrected chi connectivity index (χ3v) is 6.24. The van der Waals surface area contributed by atoms with Gasteiger partial charge in [0.1, 0.15) is 12.1 Å². The van der Waals surface area contributed by atoms with Crippen LogP contribution in [0.1, 0.15) is 28.8 Å². The van der Waals surface area contributed by atoms with Crippen molar-refractivity contribution in [2.45, 2.75) is 31.3 Å². The topological polar surface area (TPSA) is 108 Å². The number of nitrogens with zero attached hydrogens (tertiary/aromatic N) is 1. The number of para-hydroxylation sites is 1. The molecule has 190 valence electrons. The second-order valence-corrected chi connectivity index (χ2v) is 8.90. The number of benzene rings is 3. The number of hydrogen-bond donors (Lipinski definition) is 3. The summed E-state index contributed by atoms with van der Waals surface area (Å²) in [5.74, 6) is -1.43. The van der Waals surface area contributed by atoms with E-state index in [0.29, 0.717) is 30.6 Å². The Balaban J connectivity index is 1.44. The monoisotopic (exact) mass is 498 g/mol. The summed E-state index contributed by atoms with van der Waals surface area (Å²) in [6.45, 7) is 0.155. The maximum atomic E-state index is 13.7. The fourth-order valence-electron chi connectivity index (χ4n) is 4.40. The molecule has 0 saturated carbocycles. The number of rotatable bonds is 9. The van der Waals surface area contributed by atoms with Crippen LogP contribution in [-0.2, 0) is 20.8 Å². The second kappa shape index (κ2) is 12.5. The first-order valence-corrected chi connectivity index (χ1v) is 12.3. The highest BCUT2D eigenvalue weighted by atomic mass is 16.2. The SMILES string of the molecule is O=C(CNC(=O)c1ccccc1)N[C@@H](Cc1ccccc1)C(=O)N1CCCC1C(=O)Nc1ccccc1. The van der Waals surface area contributed by atoms with Crippen LogP contribution in [0.15, 0.2) is 91.0 Å². The van der Waals surface area contributed by atoms with Crippen molar-refractivity contribution in [2.75, 3.05) is 18.4 Å². The molecule has 1 aliphatic heterocycles. The van der Waals surface area contributed by atoms with Gasteiger partial charge in [0, 0.05) is 24.2 Å². The number of likely N-dealkylation sites (tertiary alicyclic amines) is 1. The normalized spacial score (nSPS) is 15.5. The van der Waals surface area contributed by atoms with Gasteiger partial charge >= 0.3 is 0 Å². The minimum atomic E-state index is -0.881. The highest BCUT2D eigenvalue weighted by Crippen LogP contribution is 2.21. The Bertz CT molecular complexity index is 1220. The van der Waals surface area contributed by atoms with Gasteiger partial charge in [-0.2, -0.15) is 0 Å². The number of hydrogen-bond acceptors (Lipinski definition) is 4. The summed E-state index contributed by atoms with van der Waals surface area (Å²) in [4.78, 5) is 53.3. The molecule has 0 bridgehead atoms. The molecule has 1 fully saturated rings. The Kier molecular flexibility index (Phi) is 8.65. The molecule has 1 aliphatic rings. The molecule has 0 aromatic heterocycles. The Labute approximate surface area is 216 Å². The van der Waals surface area contributed by atoms with Crippen molar-refractivity contribution in [3.05, 3.63) is 102 Å². The van der Waals surface area contributed by atoms with Crippen molar-refractivity contribution in [1.82, 2.24) is 15.5 Å². The summed E-state index contributed by atoms with van der Waals surface area (Å²) in [7, 11) is 0. The highest BCUT2D eigenvalue weighted by Gasteiger charge is 2.37. The first kappa shape index (κ1) is 25.6. The molecule has 4 rings (SSSR count). The van der Waals surface area contributed by atoms with E-state index in [1.807, 2.05) is 48.5 Å². The van der Waals surface area contributed by atoms with E-state index in [4.69, 9.17) is 0 Å². The lowest BCUT2D eigenvalue weighted by atomic mass is 10.0. The van der Waals surface area contributed by atoms with Crippen molar-refractivity contribution >= 4 is 29.3 Å². The molecule has 0 radical (unpaired) electrons. The number of nitrogens with one attached hydrogen (secondary N) is 3. The summed E-state index contributed by atoms with van der Waals surface area (Å²) in [6.07, 6.45) is 1.50. The summed E-state index contributed by atoms with van der Waals surface area (Å²) in [5, 5.41) is 8.25. The minimum absolute atomic E-state index is 0.253. The first-order valence-electron chi connectivity index (χ1n) is 12.3. The molecule has 1 unspecified atom stereocenters. The Morgan fingerprint density at radius 2 is 1.46 bits per heavy atom. The average molecular weight is 499 g/mol. The number of carbonyl (C=O) groups is 4. The molecular formula is C29H30N4O4. The molecule has 37 heavy (non-hydrogen) atoms. The largest absolute Gasteiger partial charge is 0.343 e. The quantitative estimate of drug-likeness (QED) is 0.422. The van der Waals surface area contributed by atoms with Crippen LogP contribution in [0.4, 0.5) is 5.69 Å². The van der Waals surface area contributed by atoms with Gasteiger partial charge in [-0.15, -0.1) is 0 Å². The molecule has 8 heteroatoms. The van der Waals surface area contributed by atoms with Crippen LogP contribution in [0.2, 0.25) is 0 Å². The number of anilines is 1. The Hall–Kier alpha value is -4.46. The number of carbonyl (C=O) groups excluding carboxylic acids is 4. The zero-order valence-electron chi connectivity index (χ0n) is 20.4. The maximum Gasteiger partial charge on any atom is 0.251 e. The van der Waals surface area contributed by atoms with Gasteiger partial charge in [0.15, 0.2) is 0 Å². The lowest BCUT2D eigenvalue weighted by molar-refractivity contribution is -0.140. The van der Waals surface area contributed by atoms with E-state index < -0.39 is 18.0 Å². The van der Waals surface area contributed by atoms with Crippen LogP contribution >= 0.6 is 0 Å². The van der Waals surface area contributed by atoms with Gasteiger partial charge in [-0.05, 0) is 42.7 Å². The highest BCUT2D eigenvalue weighted by molar-refractivity contribution is 5.99. The van der Waals surface area contributed by atoms with E-state index in [9.17, 15) is 19.2 Å². The van der Waals surface area contributed by atoms with Crippen LogP contribution in [0.25, 0.3) is 0 Å². The maximum absolute atomic E-state index is 13.7. The zero-order valence-corrected chi connectivity index (χ0v) is 20.4.